The van der Waals surface area contributed by atoms with Crippen molar-refractivity contribution in [1.29, 1.82) is 0 Å². The van der Waals surface area contributed by atoms with E-state index in [1.165, 1.54) is 141 Å². The second-order valence-corrected chi connectivity index (χ2v) is 21.3. The Morgan fingerprint density at radius 2 is 0.907 bits per heavy atom. The molecule has 1 aliphatic heterocycles. The topological polar surface area (TPSA) is 178 Å². The van der Waals surface area contributed by atoms with E-state index in [2.05, 4.69) is 97.0 Å². The maximum absolute atomic E-state index is 12.9. The van der Waals surface area contributed by atoms with E-state index in [0.29, 0.717) is 19.4 Å². The molecule has 6 atom stereocenters. The monoisotopic (exact) mass is 1080 g/mol. The molecule has 75 heavy (non-hydrogen) atoms. The Hall–Kier alpha value is -2.72. The fraction of sp³-hybridized carbons (Fsp3) is 0.758. The van der Waals surface area contributed by atoms with Crippen LogP contribution in [0.4, 0.5) is 0 Å². The molecule has 1 saturated heterocycles. The number of carbonyl (C=O) groups excluding carboxylic acids is 1. The van der Waals surface area contributed by atoms with Crippen LogP contribution in [0.3, 0.4) is 0 Å². The summed E-state index contributed by atoms with van der Waals surface area (Å²) >= 11 is 0. The van der Waals surface area contributed by atoms with Crippen LogP contribution in [-0.2, 0) is 38.3 Å². The molecule has 13 heteroatoms. The number of unbranched alkanes of at least 4 members (excludes halogenated alkanes) is 25. The molecule has 0 amide bonds. The number of hydrogen-bond acceptors (Lipinski definition) is 11. The first-order valence-corrected chi connectivity index (χ1v) is 31.2. The highest BCUT2D eigenvalue weighted by atomic mass is 32.3. The fourth-order valence-corrected chi connectivity index (χ4v) is 9.35. The van der Waals surface area contributed by atoms with Crippen LogP contribution in [-0.4, -0.2) is 97.5 Å². The molecule has 0 saturated carbocycles. The van der Waals surface area contributed by atoms with E-state index >= 15 is 0 Å². The van der Waals surface area contributed by atoms with Crippen molar-refractivity contribution in [1.82, 2.24) is 0 Å². The van der Waals surface area contributed by atoms with Crippen molar-refractivity contribution in [2.75, 3.05) is 26.4 Å². The summed E-state index contributed by atoms with van der Waals surface area (Å²) in [5.74, 6) is -0.455. The third-order valence-corrected chi connectivity index (χ3v) is 13.7. The normalized spacial score (nSPS) is 19.3. The van der Waals surface area contributed by atoms with E-state index in [4.69, 9.17) is 18.9 Å². The minimum absolute atomic E-state index is 0.0107. The lowest BCUT2D eigenvalue weighted by molar-refractivity contribution is -0.301. The van der Waals surface area contributed by atoms with Crippen molar-refractivity contribution in [3.8, 4) is 0 Å². The summed E-state index contributed by atoms with van der Waals surface area (Å²) in [7, 11) is -5.08. The molecule has 0 aromatic heterocycles. The molecule has 1 rings (SSSR count). The SMILES string of the molecule is CC/C=C\C/C=C\C/C=C\C/C=C\C/C=C\C/C=C\C/C=C\CCCC(=O)OC(COCCCCCCCCCCCCCCCCCCCCCCCCCCC)COC1OC(CO)C(O)C(OS(=O)(=O)O)C1O. The number of allylic oxidation sites excluding steroid dienone is 14. The highest BCUT2D eigenvalue weighted by Gasteiger charge is 2.48. The molecular formula is C62H108O12S. The maximum Gasteiger partial charge on any atom is 0.397 e. The van der Waals surface area contributed by atoms with Crippen molar-refractivity contribution < 1.29 is 56.2 Å². The number of carbonyl (C=O) groups is 1. The molecule has 1 fully saturated rings. The number of hydrogen-bond donors (Lipinski definition) is 4. The Bertz CT molecular complexity index is 1620. The largest absolute Gasteiger partial charge is 0.457 e. The van der Waals surface area contributed by atoms with Gasteiger partial charge < -0.3 is 34.3 Å². The number of rotatable bonds is 52. The molecule has 0 aromatic rings. The molecule has 0 bridgehead atoms. The summed E-state index contributed by atoms with van der Waals surface area (Å²) in [5.41, 5.74) is 0. The zero-order valence-electron chi connectivity index (χ0n) is 47.1. The Kier molecular flexibility index (Phi) is 48.7. The summed E-state index contributed by atoms with van der Waals surface area (Å²) in [4.78, 5) is 12.9. The molecule has 0 radical (unpaired) electrons. The minimum Gasteiger partial charge on any atom is -0.457 e. The van der Waals surface area contributed by atoms with Gasteiger partial charge in [0.25, 0.3) is 0 Å². The van der Waals surface area contributed by atoms with E-state index < -0.39 is 59.8 Å². The third kappa shape index (κ3) is 44.9. The van der Waals surface area contributed by atoms with Gasteiger partial charge in [0.05, 0.1) is 19.8 Å². The quantitative estimate of drug-likeness (QED) is 0.0196. The van der Waals surface area contributed by atoms with Crippen molar-refractivity contribution in [2.24, 2.45) is 0 Å². The van der Waals surface area contributed by atoms with Crippen molar-refractivity contribution >= 4 is 16.4 Å². The van der Waals surface area contributed by atoms with Gasteiger partial charge in [-0.25, -0.2) is 4.18 Å². The van der Waals surface area contributed by atoms with Gasteiger partial charge in [-0.1, -0.05) is 253 Å². The molecule has 1 aliphatic rings. The van der Waals surface area contributed by atoms with E-state index in [1.54, 1.807) is 0 Å². The van der Waals surface area contributed by atoms with Crippen LogP contribution >= 0.6 is 0 Å². The van der Waals surface area contributed by atoms with Crippen LogP contribution in [0.2, 0.25) is 0 Å². The van der Waals surface area contributed by atoms with Crippen LogP contribution < -0.4 is 0 Å². The van der Waals surface area contributed by atoms with Gasteiger partial charge in [0, 0.05) is 13.0 Å². The standard InChI is InChI=1S/C62H108O12S/c1-3-5-7-9-11-13-15-17-19-21-23-25-27-28-30-32-34-36-38-40-42-44-46-48-50-52-70-54-56(55-71-62-60(66)61(74-75(67,68)69)59(65)57(53-63)73-62)72-58(64)51-49-47-45-43-41-39-37-35-33-31-29-26-24-22-20-18-16-14-12-10-8-6-4-2/h6,8,12,14,18,20,24,26,31,33,37,39,43,45,56-57,59-63,65-66H,3-5,7,9-11,13,15-17,19,21-23,25,27-30,32,34-36,38,40-42,44,46-55H2,1-2H3,(H,67,68,69)/b8-6-,14-12-,20-18-,26-24-,33-31-,39-37-,45-43-. The fourth-order valence-electron chi connectivity index (χ4n) is 8.84. The maximum atomic E-state index is 12.9. The average molecular weight is 1080 g/mol. The summed E-state index contributed by atoms with van der Waals surface area (Å²) in [6.07, 6.45) is 62.1. The lowest BCUT2D eigenvalue weighted by atomic mass is 9.99. The highest BCUT2D eigenvalue weighted by Crippen LogP contribution is 2.26. The zero-order chi connectivity index (χ0) is 54.6. The van der Waals surface area contributed by atoms with Crippen LogP contribution in [0, 0.1) is 0 Å². The molecule has 0 aromatic carbocycles. The molecule has 1 heterocycles. The van der Waals surface area contributed by atoms with E-state index in [9.17, 15) is 33.1 Å². The first-order chi connectivity index (χ1) is 36.6. The van der Waals surface area contributed by atoms with Crippen LogP contribution in [0.15, 0.2) is 85.1 Å². The van der Waals surface area contributed by atoms with Gasteiger partial charge in [-0.2, -0.15) is 8.42 Å². The molecule has 0 aliphatic carbocycles. The smallest absolute Gasteiger partial charge is 0.397 e. The molecule has 12 nitrogen and oxygen atoms in total. The number of aliphatic hydroxyl groups is 3. The predicted molar refractivity (Wildman–Crippen MR) is 308 cm³/mol. The van der Waals surface area contributed by atoms with Gasteiger partial charge in [-0.05, 0) is 64.2 Å². The number of aliphatic hydroxyl groups excluding tert-OH is 3. The highest BCUT2D eigenvalue weighted by molar-refractivity contribution is 7.80. The van der Waals surface area contributed by atoms with Crippen molar-refractivity contribution in [3.05, 3.63) is 85.1 Å². The third-order valence-electron chi connectivity index (χ3n) is 13.3. The van der Waals surface area contributed by atoms with Crippen molar-refractivity contribution in [3.63, 3.8) is 0 Å². The molecule has 6 unspecified atom stereocenters. The van der Waals surface area contributed by atoms with Gasteiger partial charge in [0.15, 0.2) is 6.29 Å². The van der Waals surface area contributed by atoms with Crippen LogP contribution in [0.1, 0.15) is 239 Å². The van der Waals surface area contributed by atoms with Gasteiger partial charge in [-0.15, -0.1) is 0 Å². The Labute approximate surface area is 457 Å². The Morgan fingerprint density at radius 1 is 0.520 bits per heavy atom. The van der Waals surface area contributed by atoms with Gasteiger partial charge in [0.2, 0.25) is 0 Å². The molecule has 4 N–H and O–H groups in total. The number of ether oxygens (including phenoxy) is 4. The van der Waals surface area contributed by atoms with Crippen molar-refractivity contribution in [2.45, 2.75) is 275 Å². The minimum atomic E-state index is -5.08. The number of esters is 1. The molecular weight excluding hydrogens is 969 g/mol. The average Bonchev–Trinajstić information content (AvgIpc) is 3.39. The summed E-state index contributed by atoms with van der Waals surface area (Å²) in [5, 5.41) is 30.9. The molecule has 434 valence electrons. The second-order valence-electron chi connectivity index (χ2n) is 20.2. The molecule has 0 spiro atoms. The summed E-state index contributed by atoms with van der Waals surface area (Å²) in [6, 6.07) is 0. The lowest BCUT2D eigenvalue weighted by Gasteiger charge is -2.41. The summed E-state index contributed by atoms with van der Waals surface area (Å²) in [6.45, 7) is 3.84. The van der Waals surface area contributed by atoms with Crippen LogP contribution in [0.25, 0.3) is 0 Å². The first-order valence-electron chi connectivity index (χ1n) is 29.8. The van der Waals surface area contributed by atoms with Gasteiger partial charge in [0.1, 0.15) is 30.5 Å². The first kappa shape index (κ1) is 70.3. The van der Waals surface area contributed by atoms with Gasteiger partial charge >= 0.3 is 16.4 Å². The zero-order valence-corrected chi connectivity index (χ0v) is 47.9. The predicted octanol–water partition coefficient (Wildman–Crippen LogP) is 15.1. The summed E-state index contributed by atoms with van der Waals surface area (Å²) < 4.78 is 59.4. The Balaban J connectivity index is 2.32. The van der Waals surface area contributed by atoms with Crippen LogP contribution in [0.5, 0.6) is 0 Å². The second kappa shape index (κ2) is 52.0. The van der Waals surface area contributed by atoms with E-state index in [0.717, 1.165) is 64.2 Å². The van der Waals surface area contributed by atoms with E-state index in [1.807, 2.05) is 6.08 Å². The Morgan fingerprint density at radius 3 is 1.29 bits per heavy atom. The van der Waals surface area contributed by atoms with Gasteiger partial charge in [-0.3, -0.25) is 9.35 Å². The lowest BCUT2D eigenvalue weighted by Crippen LogP contribution is -2.60. The van der Waals surface area contributed by atoms with E-state index in [-0.39, 0.29) is 19.6 Å².